The summed E-state index contributed by atoms with van der Waals surface area (Å²) >= 11 is 0. The smallest absolute Gasteiger partial charge is 0.230 e. The molecule has 3 rings (SSSR count). The van der Waals surface area contributed by atoms with Gasteiger partial charge in [0.15, 0.2) is 0 Å². The van der Waals surface area contributed by atoms with Crippen LogP contribution in [0.2, 0.25) is 0 Å². The molecule has 3 nitrogen and oxygen atoms in total. The third kappa shape index (κ3) is 3.69. The highest BCUT2D eigenvalue weighted by Crippen LogP contribution is 2.34. The van der Waals surface area contributed by atoms with E-state index in [4.69, 9.17) is 0 Å². The molecule has 1 fully saturated rings. The molecule has 1 aromatic carbocycles. The summed E-state index contributed by atoms with van der Waals surface area (Å²) in [5, 5.41) is 2.93. The van der Waals surface area contributed by atoms with Gasteiger partial charge in [-0.05, 0) is 48.6 Å². The Balaban J connectivity index is 1.58. The number of rotatable bonds is 4. The number of nitrogens with zero attached hydrogens (tertiary/aromatic N) is 1. The van der Waals surface area contributed by atoms with Gasteiger partial charge in [-0.1, -0.05) is 31.0 Å². The van der Waals surface area contributed by atoms with Gasteiger partial charge in [-0.3, -0.25) is 9.78 Å². The Kier molecular flexibility index (Phi) is 4.29. The molecule has 1 amide bonds. The summed E-state index contributed by atoms with van der Waals surface area (Å²) < 4.78 is 0. The Morgan fingerprint density at radius 3 is 2.52 bits per heavy atom. The second-order valence-electron chi connectivity index (χ2n) is 5.65. The van der Waals surface area contributed by atoms with Gasteiger partial charge >= 0.3 is 0 Å². The summed E-state index contributed by atoms with van der Waals surface area (Å²) in [4.78, 5) is 16.1. The summed E-state index contributed by atoms with van der Waals surface area (Å²) in [6.45, 7) is 0. The van der Waals surface area contributed by atoms with Crippen molar-refractivity contribution in [3.63, 3.8) is 0 Å². The molecular weight excluding hydrogens is 260 g/mol. The minimum atomic E-state index is -0.0256. The molecule has 1 aliphatic carbocycles. The lowest BCUT2D eigenvalue weighted by molar-refractivity contribution is -0.115. The third-order valence-corrected chi connectivity index (χ3v) is 4.09. The van der Waals surface area contributed by atoms with E-state index in [1.807, 2.05) is 30.3 Å². The number of carbonyl (C=O) groups excluding carboxylic acids is 1. The Labute approximate surface area is 125 Å². The predicted octanol–water partition coefficient (Wildman–Crippen LogP) is 3.92. The monoisotopic (exact) mass is 280 g/mol. The van der Waals surface area contributed by atoms with E-state index in [0.29, 0.717) is 12.3 Å². The van der Waals surface area contributed by atoms with Crippen LogP contribution in [0.1, 0.15) is 42.9 Å². The lowest BCUT2D eigenvalue weighted by Crippen LogP contribution is -2.15. The predicted molar refractivity (Wildman–Crippen MR) is 84.2 cm³/mol. The first-order valence-corrected chi connectivity index (χ1v) is 7.61. The number of hydrogen-bond acceptors (Lipinski definition) is 2. The second-order valence-corrected chi connectivity index (χ2v) is 5.65. The summed E-state index contributed by atoms with van der Waals surface area (Å²) in [6, 6.07) is 13.9. The minimum absolute atomic E-state index is 0.0256. The molecule has 2 aromatic rings. The van der Waals surface area contributed by atoms with E-state index in [1.165, 1.54) is 31.2 Å². The SMILES string of the molecule is O=C(Cc1ccccn1)Nc1ccc(C2CCCC2)cc1. The van der Waals surface area contributed by atoms with Crippen molar-refractivity contribution in [3.05, 3.63) is 59.9 Å². The number of benzene rings is 1. The van der Waals surface area contributed by atoms with E-state index in [9.17, 15) is 4.79 Å². The molecule has 3 heteroatoms. The van der Waals surface area contributed by atoms with E-state index in [1.54, 1.807) is 6.20 Å². The molecule has 0 radical (unpaired) electrons. The number of pyridine rings is 1. The van der Waals surface area contributed by atoms with Crippen molar-refractivity contribution in [2.75, 3.05) is 5.32 Å². The van der Waals surface area contributed by atoms with Gasteiger partial charge in [0.2, 0.25) is 5.91 Å². The zero-order valence-corrected chi connectivity index (χ0v) is 12.1. The van der Waals surface area contributed by atoms with Gasteiger partial charge in [0.05, 0.1) is 6.42 Å². The zero-order chi connectivity index (χ0) is 14.5. The maximum Gasteiger partial charge on any atom is 0.230 e. The third-order valence-electron chi connectivity index (χ3n) is 4.09. The lowest BCUT2D eigenvalue weighted by Gasteiger charge is -2.11. The summed E-state index contributed by atoms with van der Waals surface area (Å²) in [7, 11) is 0. The molecule has 1 saturated carbocycles. The molecule has 0 aliphatic heterocycles. The van der Waals surface area contributed by atoms with E-state index in [-0.39, 0.29) is 5.91 Å². The van der Waals surface area contributed by atoms with Crippen LogP contribution in [0.15, 0.2) is 48.7 Å². The van der Waals surface area contributed by atoms with Crippen LogP contribution in [-0.4, -0.2) is 10.9 Å². The van der Waals surface area contributed by atoms with Gasteiger partial charge in [-0.25, -0.2) is 0 Å². The first kappa shape index (κ1) is 13.8. The highest BCUT2D eigenvalue weighted by molar-refractivity contribution is 5.92. The van der Waals surface area contributed by atoms with Crippen molar-refractivity contribution >= 4 is 11.6 Å². The van der Waals surface area contributed by atoms with Crippen LogP contribution in [0.3, 0.4) is 0 Å². The van der Waals surface area contributed by atoms with Crippen LogP contribution in [0, 0.1) is 0 Å². The average Bonchev–Trinajstić information content (AvgIpc) is 3.03. The van der Waals surface area contributed by atoms with E-state index in [0.717, 1.165) is 11.4 Å². The lowest BCUT2D eigenvalue weighted by atomic mass is 9.97. The van der Waals surface area contributed by atoms with Crippen LogP contribution < -0.4 is 5.32 Å². The normalized spacial score (nSPS) is 15.0. The standard InChI is InChI=1S/C18H20N2O/c21-18(13-17-7-3-4-12-19-17)20-16-10-8-15(9-11-16)14-5-1-2-6-14/h3-4,7-12,14H,1-2,5-6,13H2,(H,20,21). The molecule has 1 heterocycles. The first-order chi connectivity index (χ1) is 10.3. The van der Waals surface area contributed by atoms with Crippen molar-refractivity contribution in [1.29, 1.82) is 0 Å². The first-order valence-electron chi connectivity index (χ1n) is 7.61. The van der Waals surface area contributed by atoms with Crippen molar-refractivity contribution < 1.29 is 4.79 Å². The molecule has 108 valence electrons. The molecule has 1 aliphatic rings. The number of amides is 1. The molecular formula is C18H20N2O. The number of carbonyl (C=O) groups is 1. The molecule has 0 bridgehead atoms. The van der Waals surface area contributed by atoms with Crippen molar-refractivity contribution in [1.82, 2.24) is 4.98 Å². The van der Waals surface area contributed by atoms with E-state index in [2.05, 4.69) is 22.4 Å². The molecule has 1 N–H and O–H groups in total. The highest BCUT2D eigenvalue weighted by Gasteiger charge is 2.16. The minimum Gasteiger partial charge on any atom is -0.326 e. The number of aromatic nitrogens is 1. The number of hydrogen-bond donors (Lipinski definition) is 1. The topological polar surface area (TPSA) is 42.0 Å². The fourth-order valence-corrected chi connectivity index (χ4v) is 2.97. The molecule has 0 saturated heterocycles. The van der Waals surface area contributed by atoms with Crippen LogP contribution >= 0.6 is 0 Å². The Hall–Kier alpha value is -2.16. The molecule has 0 spiro atoms. The number of anilines is 1. The molecule has 0 unspecified atom stereocenters. The maximum absolute atomic E-state index is 12.0. The maximum atomic E-state index is 12.0. The van der Waals surface area contributed by atoms with Gasteiger partial charge < -0.3 is 5.32 Å². The summed E-state index contributed by atoms with van der Waals surface area (Å²) in [6.07, 6.45) is 7.29. The fourth-order valence-electron chi connectivity index (χ4n) is 2.97. The quantitative estimate of drug-likeness (QED) is 0.922. The van der Waals surface area contributed by atoms with E-state index < -0.39 is 0 Å². The fraction of sp³-hybridized carbons (Fsp3) is 0.333. The average molecular weight is 280 g/mol. The van der Waals surface area contributed by atoms with Gasteiger partial charge in [0.1, 0.15) is 0 Å². The second kappa shape index (κ2) is 6.53. The number of nitrogens with one attached hydrogen (secondary N) is 1. The van der Waals surface area contributed by atoms with Crippen LogP contribution in [0.5, 0.6) is 0 Å². The van der Waals surface area contributed by atoms with Gasteiger partial charge in [0, 0.05) is 17.6 Å². The van der Waals surface area contributed by atoms with E-state index >= 15 is 0 Å². The van der Waals surface area contributed by atoms with Crippen LogP contribution in [0.4, 0.5) is 5.69 Å². The zero-order valence-electron chi connectivity index (χ0n) is 12.1. The molecule has 21 heavy (non-hydrogen) atoms. The Bertz CT molecular complexity index is 586. The summed E-state index contributed by atoms with van der Waals surface area (Å²) in [5.41, 5.74) is 3.05. The van der Waals surface area contributed by atoms with Crippen molar-refractivity contribution in [3.8, 4) is 0 Å². The summed E-state index contributed by atoms with van der Waals surface area (Å²) in [5.74, 6) is 0.686. The molecule has 0 atom stereocenters. The Morgan fingerprint density at radius 1 is 1.10 bits per heavy atom. The molecule has 1 aromatic heterocycles. The van der Waals surface area contributed by atoms with Crippen molar-refractivity contribution in [2.45, 2.75) is 38.0 Å². The van der Waals surface area contributed by atoms with Gasteiger partial charge in [-0.2, -0.15) is 0 Å². The Morgan fingerprint density at radius 2 is 1.86 bits per heavy atom. The van der Waals surface area contributed by atoms with Crippen LogP contribution in [0.25, 0.3) is 0 Å². The highest BCUT2D eigenvalue weighted by atomic mass is 16.1. The van der Waals surface area contributed by atoms with Gasteiger partial charge in [0.25, 0.3) is 0 Å². The van der Waals surface area contributed by atoms with Crippen molar-refractivity contribution in [2.24, 2.45) is 0 Å². The van der Waals surface area contributed by atoms with Gasteiger partial charge in [-0.15, -0.1) is 0 Å². The largest absolute Gasteiger partial charge is 0.326 e. The van der Waals surface area contributed by atoms with Crippen LogP contribution in [-0.2, 0) is 11.2 Å².